The molecule has 3 fully saturated rings. The van der Waals surface area contributed by atoms with E-state index >= 15 is 0 Å². The van der Waals surface area contributed by atoms with Gasteiger partial charge in [0.2, 0.25) is 5.91 Å². The number of amides is 1. The van der Waals surface area contributed by atoms with E-state index in [0.29, 0.717) is 18.9 Å². The van der Waals surface area contributed by atoms with Gasteiger partial charge in [0.1, 0.15) is 0 Å². The summed E-state index contributed by atoms with van der Waals surface area (Å²) in [6.45, 7) is 2.14. The molecule has 4 rings (SSSR count). The molecule has 0 unspecified atom stereocenters. The molecule has 5 nitrogen and oxygen atoms in total. The van der Waals surface area contributed by atoms with E-state index in [-0.39, 0.29) is 29.5 Å². The van der Waals surface area contributed by atoms with Gasteiger partial charge in [0.15, 0.2) is 9.84 Å². The Labute approximate surface area is 175 Å². The lowest BCUT2D eigenvalue weighted by atomic mass is 9.85. The van der Waals surface area contributed by atoms with Gasteiger partial charge >= 0.3 is 0 Å². The average molecular weight is 419 g/mol. The summed E-state index contributed by atoms with van der Waals surface area (Å²) in [5.74, 6) is 1.20. The molecule has 0 radical (unpaired) electrons. The molecular weight excluding hydrogens is 384 g/mol. The zero-order valence-corrected chi connectivity index (χ0v) is 18.2. The molecule has 0 aromatic heterocycles. The Hall–Kier alpha value is -1.40. The van der Waals surface area contributed by atoms with E-state index in [1.165, 1.54) is 24.8 Å². The van der Waals surface area contributed by atoms with Crippen LogP contribution >= 0.6 is 0 Å². The number of hydrogen-bond acceptors (Lipinski definition) is 4. The van der Waals surface area contributed by atoms with E-state index in [2.05, 4.69) is 17.0 Å². The Morgan fingerprint density at radius 2 is 1.66 bits per heavy atom. The third kappa shape index (κ3) is 5.40. The fourth-order valence-corrected chi connectivity index (χ4v) is 6.93. The lowest BCUT2D eigenvalue weighted by Crippen LogP contribution is -2.51. The highest BCUT2D eigenvalue weighted by Gasteiger charge is 2.39. The summed E-state index contributed by atoms with van der Waals surface area (Å²) in [6.07, 6.45) is 8.73. The first-order chi connectivity index (χ1) is 14.0. The number of carbonyl (C=O) groups excluding carboxylic acids is 1. The van der Waals surface area contributed by atoms with Crippen molar-refractivity contribution in [2.45, 2.75) is 70.0 Å². The van der Waals surface area contributed by atoms with E-state index in [1.807, 2.05) is 23.1 Å². The first-order valence-electron chi connectivity index (χ1n) is 11.3. The van der Waals surface area contributed by atoms with Gasteiger partial charge in [-0.25, -0.2) is 8.42 Å². The van der Waals surface area contributed by atoms with Gasteiger partial charge in [0.05, 0.1) is 18.1 Å². The highest BCUT2D eigenvalue weighted by Crippen LogP contribution is 2.30. The zero-order valence-electron chi connectivity index (χ0n) is 17.3. The molecule has 1 saturated heterocycles. The minimum absolute atomic E-state index is 0.127. The van der Waals surface area contributed by atoms with Crippen molar-refractivity contribution < 1.29 is 13.2 Å². The second-order valence-corrected chi connectivity index (χ2v) is 11.5. The molecule has 2 saturated carbocycles. The van der Waals surface area contributed by atoms with Crippen molar-refractivity contribution in [1.82, 2.24) is 9.80 Å². The maximum Gasteiger partial charge on any atom is 0.237 e. The van der Waals surface area contributed by atoms with Crippen LogP contribution in [0.25, 0.3) is 0 Å². The highest BCUT2D eigenvalue weighted by molar-refractivity contribution is 7.91. The largest absolute Gasteiger partial charge is 0.335 e. The van der Waals surface area contributed by atoms with Crippen LogP contribution in [0.4, 0.5) is 0 Å². The molecule has 1 amide bonds. The summed E-state index contributed by atoms with van der Waals surface area (Å²) < 4.78 is 24.2. The molecule has 1 aromatic carbocycles. The van der Waals surface area contributed by atoms with Crippen LogP contribution in [-0.2, 0) is 21.2 Å². The second-order valence-electron chi connectivity index (χ2n) is 9.25. The number of hydrogen-bond donors (Lipinski definition) is 0. The van der Waals surface area contributed by atoms with Gasteiger partial charge in [-0.1, -0.05) is 49.6 Å². The molecule has 3 aliphatic rings. The maximum atomic E-state index is 13.5. The normalized spacial score (nSPS) is 24.7. The Morgan fingerprint density at radius 3 is 2.24 bits per heavy atom. The predicted octanol–water partition coefficient (Wildman–Crippen LogP) is 3.25. The van der Waals surface area contributed by atoms with Crippen molar-refractivity contribution in [2.24, 2.45) is 5.92 Å². The van der Waals surface area contributed by atoms with Crippen LogP contribution in [0.5, 0.6) is 0 Å². The van der Waals surface area contributed by atoms with Crippen molar-refractivity contribution in [3.8, 4) is 0 Å². The van der Waals surface area contributed by atoms with Gasteiger partial charge in [-0.05, 0) is 43.6 Å². The SMILES string of the molecule is O=C(CN(Cc1ccccc1)CC1CCC1)N(C1CCCC1)[C@H]1CCS(=O)(=O)C1. The quantitative estimate of drug-likeness (QED) is 0.650. The molecule has 29 heavy (non-hydrogen) atoms. The lowest BCUT2D eigenvalue weighted by Gasteiger charge is -2.37. The summed E-state index contributed by atoms with van der Waals surface area (Å²) in [7, 11) is -3.00. The lowest BCUT2D eigenvalue weighted by molar-refractivity contribution is -0.137. The highest BCUT2D eigenvalue weighted by atomic mass is 32.2. The average Bonchev–Trinajstić information content (AvgIpc) is 3.29. The summed E-state index contributed by atoms with van der Waals surface area (Å²) in [4.78, 5) is 17.8. The van der Waals surface area contributed by atoms with Crippen LogP contribution in [0.1, 0.15) is 56.9 Å². The van der Waals surface area contributed by atoms with Crippen LogP contribution in [0.15, 0.2) is 30.3 Å². The number of nitrogens with zero attached hydrogens (tertiary/aromatic N) is 2. The summed E-state index contributed by atoms with van der Waals surface area (Å²) in [5, 5.41) is 0. The smallest absolute Gasteiger partial charge is 0.237 e. The molecule has 6 heteroatoms. The van der Waals surface area contributed by atoms with Gasteiger partial charge in [-0.15, -0.1) is 0 Å². The van der Waals surface area contributed by atoms with E-state index in [1.54, 1.807) is 0 Å². The van der Waals surface area contributed by atoms with E-state index in [9.17, 15) is 13.2 Å². The van der Waals surface area contributed by atoms with Crippen molar-refractivity contribution in [3.63, 3.8) is 0 Å². The molecule has 2 aliphatic carbocycles. The first kappa shape index (κ1) is 20.9. The summed E-state index contributed by atoms with van der Waals surface area (Å²) in [5.41, 5.74) is 1.23. The monoisotopic (exact) mass is 418 g/mol. The number of carbonyl (C=O) groups is 1. The molecular formula is C23H34N2O3S. The van der Waals surface area contributed by atoms with Crippen LogP contribution in [0.2, 0.25) is 0 Å². The number of rotatable bonds is 8. The Morgan fingerprint density at radius 1 is 0.931 bits per heavy atom. The Kier molecular flexibility index (Phi) is 6.60. The Bertz CT molecular complexity index is 786. The molecule has 1 aromatic rings. The van der Waals surface area contributed by atoms with E-state index < -0.39 is 9.84 Å². The van der Waals surface area contributed by atoms with E-state index in [4.69, 9.17) is 0 Å². The van der Waals surface area contributed by atoms with Gasteiger partial charge < -0.3 is 4.90 Å². The third-order valence-corrected chi connectivity index (χ3v) is 8.71. The minimum atomic E-state index is -3.00. The van der Waals surface area contributed by atoms with Gasteiger partial charge in [0, 0.05) is 25.2 Å². The van der Waals surface area contributed by atoms with Gasteiger partial charge in [-0.2, -0.15) is 0 Å². The zero-order chi connectivity index (χ0) is 20.3. The number of sulfone groups is 1. The topological polar surface area (TPSA) is 57.7 Å². The van der Waals surface area contributed by atoms with Crippen molar-refractivity contribution in [1.29, 1.82) is 0 Å². The van der Waals surface area contributed by atoms with Crippen molar-refractivity contribution in [3.05, 3.63) is 35.9 Å². The first-order valence-corrected chi connectivity index (χ1v) is 13.1. The fraction of sp³-hybridized carbons (Fsp3) is 0.696. The van der Waals surface area contributed by atoms with E-state index in [0.717, 1.165) is 38.8 Å². The molecule has 1 aliphatic heterocycles. The maximum absolute atomic E-state index is 13.5. The van der Waals surface area contributed by atoms with Crippen molar-refractivity contribution >= 4 is 15.7 Å². The second kappa shape index (κ2) is 9.17. The number of benzene rings is 1. The predicted molar refractivity (Wildman–Crippen MR) is 115 cm³/mol. The summed E-state index contributed by atoms with van der Waals surface area (Å²) >= 11 is 0. The van der Waals surface area contributed by atoms with Crippen LogP contribution in [-0.4, -0.2) is 60.8 Å². The third-order valence-electron chi connectivity index (χ3n) is 6.96. The molecule has 160 valence electrons. The fourth-order valence-electron chi connectivity index (χ4n) is 5.22. The standard InChI is InChI=1S/C23H34N2O3S/c26-23(25(21-11-4-5-12-21)22-13-14-29(27,28)18-22)17-24(16-20-9-6-10-20)15-19-7-2-1-3-8-19/h1-3,7-8,20-22H,4-6,9-18H2/t22-/m0/s1. The van der Waals surface area contributed by atoms with Gasteiger partial charge in [0.25, 0.3) is 0 Å². The summed E-state index contributed by atoms with van der Waals surface area (Å²) in [6, 6.07) is 10.5. The molecule has 0 N–H and O–H groups in total. The van der Waals surface area contributed by atoms with Crippen LogP contribution in [0, 0.1) is 5.92 Å². The van der Waals surface area contributed by atoms with Crippen molar-refractivity contribution in [2.75, 3.05) is 24.6 Å². The minimum Gasteiger partial charge on any atom is -0.335 e. The Balaban J connectivity index is 1.48. The van der Waals surface area contributed by atoms with Gasteiger partial charge in [-0.3, -0.25) is 9.69 Å². The van der Waals surface area contributed by atoms with Crippen LogP contribution in [0.3, 0.4) is 0 Å². The van der Waals surface area contributed by atoms with Crippen LogP contribution < -0.4 is 0 Å². The molecule has 0 spiro atoms. The molecule has 1 atom stereocenters. The molecule has 0 bridgehead atoms. The molecule has 1 heterocycles.